The minimum atomic E-state index is -1.45. The fourth-order valence-corrected chi connectivity index (χ4v) is 8.00. The molecule has 4 aliphatic rings. The Balaban J connectivity index is 1.42. The number of benzene rings is 2. The van der Waals surface area contributed by atoms with Gasteiger partial charge in [-0.3, -0.25) is 19.2 Å². The number of hydrogen-bond acceptors (Lipinski definition) is 7. The number of likely N-dealkylation sites (N-methyl/N-ethyl adjacent to an activating group) is 1. The first-order valence-electron chi connectivity index (χ1n) is 17.2. The van der Waals surface area contributed by atoms with E-state index in [1.807, 2.05) is 49.4 Å². The Morgan fingerprint density at radius 1 is 0.939 bits per heavy atom. The maximum Gasteiger partial charge on any atom is 0.313 e. The largest absolute Gasteiger partial charge is 0.455 e. The molecule has 3 amide bonds. The van der Waals surface area contributed by atoms with E-state index in [1.54, 1.807) is 58.2 Å². The molecule has 0 unspecified atom stereocenters. The predicted octanol–water partition coefficient (Wildman–Crippen LogP) is 4.86. The molecule has 7 atom stereocenters. The lowest BCUT2D eigenvalue weighted by Crippen LogP contribution is -2.55. The average Bonchev–Trinajstić information content (AvgIpc) is 3.49. The van der Waals surface area contributed by atoms with Crippen LogP contribution in [0.5, 0.6) is 0 Å². The number of cyclic esters (lactones) is 1. The van der Waals surface area contributed by atoms with E-state index in [0.717, 1.165) is 18.4 Å². The summed E-state index contributed by atoms with van der Waals surface area (Å²) in [6.45, 7) is 2.42. The van der Waals surface area contributed by atoms with Crippen LogP contribution in [0.1, 0.15) is 57.1 Å². The number of carbonyl (C=O) groups is 4. The highest BCUT2D eigenvalue weighted by Crippen LogP contribution is 2.54. The molecule has 2 aromatic carbocycles. The maximum absolute atomic E-state index is 14.7. The molecule has 2 fully saturated rings. The third kappa shape index (κ3) is 6.54. The standard InChI is InChI=1S/C38H44ClN3O7/c1-25-33(26-15-6-5-7-16-26)48-37(47)31-29(19-10-11-20-30(44)40(25)2)49-38-21-14-23-41(28-18-9-8-17-27(28)39)36(46)34(38)42(35(45)32(31)38)22-12-3-4-13-24-43/h5-10,14-19,21,25,29,31-34,43H,3-4,11-13,20,22-24H2,1-2H3/b19-10-/t25-,29-,31+,32+,33+,34-,38+/m1/s1. The van der Waals surface area contributed by atoms with Gasteiger partial charge in [0.05, 0.1) is 28.8 Å². The van der Waals surface area contributed by atoms with E-state index in [1.165, 1.54) is 0 Å². The number of esters is 1. The third-order valence-corrected chi connectivity index (χ3v) is 10.7. The lowest BCUT2D eigenvalue weighted by molar-refractivity contribution is -0.164. The third-order valence-electron chi connectivity index (χ3n) is 10.4. The Hall–Kier alpha value is -3.99. The highest BCUT2D eigenvalue weighted by molar-refractivity contribution is 6.34. The molecule has 1 spiro atoms. The lowest BCUT2D eigenvalue weighted by atomic mass is 9.77. The maximum atomic E-state index is 14.7. The molecule has 10 nitrogen and oxygen atoms in total. The van der Waals surface area contributed by atoms with Crippen molar-refractivity contribution in [3.8, 4) is 0 Å². The molecule has 1 N–H and O–H groups in total. The van der Waals surface area contributed by atoms with Crippen molar-refractivity contribution in [2.75, 3.05) is 31.6 Å². The van der Waals surface area contributed by atoms with E-state index in [4.69, 9.17) is 21.1 Å². The highest BCUT2D eigenvalue weighted by atomic mass is 35.5. The van der Waals surface area contributed by atoms with Crippen LogP contribution >= 0.6 is 11.6 Å². The monoisotopic (exact) mass is 689 g/mol. The molecule has 0 bridgehead atoms. The zero-order valence-corrected chi connectivity index (χ0v) is 28.7. The average molecular weight is 690 g/mol. The Labute approximate surface area is 292 Å². The summed E-state index contributed by atoms with van der Waals surface area (Å²) in [7, 11) is 1.71. The second kappa shape index (κ2) is 14.9. The van der Waals surface area contributed by atoms with Gasteiger partial charge in [-0.25, -0.2) is 0 Å². The Kier molecular flexibility index (Phi) is 10.6. The first kappa shape index (κ1) is 34.9. The number of likely N-dealkylation sites (tertiary alicyclic amines) is 1. The molecule has 6 rings (SSSR count). The minimum Gasteiger partial charge on any atom is -0.455 e. The van der Waals surface area contributed by atoms with Gasteiger partial charge >= 0.3 is 5.97 Å². The van der Waals surface area contributed by atoms with Crippen molar-refractivity contribution in [3.63, 3.8) is 0 Å². The molecule has 4 heterocycles. The normalized spacial score (nSPS) is 31.0. The number of aliphatic hydroxyl groups excluding tert-OH is 1. The van der Waals surface area contributed by atoms with E-state index >= 15 is 0 Å². The van der Waals surface area contributed by atoms with Crippen LogP contribution in [0.25, 0.3) is 0 Å². The second-order valence-corrected chi connectivity index (χ2v) is 13.7. The van der Waals surface area contributed by atoms with Crippen LogP contribution in [0.4, 0.5) is 5.69 Å². The fraction of sp³-hybridized carbons (Fsp3) is 0.474. The van der Waals surface area contributed by atoms with Crippen molar-refractivity contribution in [2.24, 2.45) is 11.8 Å². The van der Waals surface area contributed by atoms with Gasteiger partial charge < -0.3 is 29.3 Å². The van der Waals surface area contributed by atoms with E-state index in [-0.39, 0.29) is 43.8 Å². The van der Waals surface area contributed by atoms with Crippen molar-refractivity contribution >= 4 is 41.0 Å². The summed E-state index contributed by atoms with van der Waals surface area (Å²) < 4.78 is 13.2. The molecule has 49 heavy (non-hydrogen) atoms. The zero-order valence-electron chi connectivity index (χ0n) is 27.9. The summed E-state index contributed by atoms with van der Waals surface area (Å²) in [6, 6.07) is 14.8. The second-order valence-electron chi connectivity index (χ2n) is 13.3. The Bertz CT molecular complexity index is 1620. The summed E-state index contributed by atoms with van der Waals surface area (Å²) in [6.07, 6.45) is 8.95. The summed E-state index contributed by atoms with van der Waals surface area (Å²) in [5.74, 6) is -3.47. The lowest BCUT2D eigenvalue weighted by Gasteiger charge is -2.35. The van der Waals surface area contributed by atoms with Gasteiger partial charge in [0, 0.05) is 33.2 Å². The number of para-hydroxylation sites is 1. The number of carbonyl (C=O) groups excluding carboxylic acids is 4. The van der Waals surface area contributed by atoms with Crippen molar-refractivity contribution in [1.82, 2.24) is 9.80 Å². The van der Waals surface area contributed by atoms with Gasteiger partial charge in [0.1, 0.15) is 23.7 Å². The quantitative estimate of drug-likeness (QED) is 0.239. The summed E-state index contributed by atoms with van der Waals surface area (Å²) >= 11 is 6.59. The number of amides is 3. The van der Waals surface area contributed by atoms with Crippen LogP contribution in [0.3, 0.4) is 0 Å². The minimum absolute atomic E-state index is 0.0871. The molecule has 0 aromatic heterocycles. The molecule has 4 aliphatic heterocycles. The zero-order chi connectivity index (χ0) is 34.7. The molecule has 0 aliphatic carbocycles. The smallest absolute Gasteiger partial charge is 0.313 e. The Morgan fingerprint density at radius 2 is 1.67 bits per heavy atom. The molecular formula is C38H44ClN3O7. The van der Waals surface area contributed by atoms with Crippen LogP contribution in [0.15, 0.2) is 78.9 Å². The van der Waals surface area contributed by atoms with E-state index < -0.39 is 47.7 Å². The predicted molar refractivity (Wildman–Crippen MR) is 184 cm³/mol. The van der Waals surface area contributed by atoms with E-state index in [2.05, 4.69) is 0 Å². The molecular weight excluding hydrogens is 646 g/mol. The molecule has 2 aromatic rings. The van der Waals surface area contributed by atoms with Gasteiger partial charge in [-0.05, 0) is 43.9 Å². The molecule has 0 saturated carbocycles. The number of anilines is 1. The van der Waals surface area contributed by atoms with Crippen LogP contribution in [0, 0.1) is 11.8 Å². The number of ether oxygens (including phenoxy) is 2. The summed E-state index contributed by atoms with van der Waals surface area (Å²) in [4.78, 5) is 61.9. The SMILES string of the molecule is C[C@@H]1[C@@H](c2ccccc2)OC(=O)[C@@H]2[C@H]3C(=O)N(CCCCCCO)[C@@H]4C(=O)N(c5ccccc5Cl)CC=C[C@]34O[C@@H]2/C=C\CCC(=O)N1C. The van der Waals surface area contributed by atoms with Crippen molar-refractivity contribution in [3.05, 3.63) is 89.5 Å². The summed E-state index contributed by atoms with van der Waals surface area (Å²) in [5, 5.41) is 9.67. The van der Waals surface area contributed by atoms with Crippen molar-refractivity contribution in [1.29, 1.82) is 0 Å². The van der Waals surface area contributed by atoms with Crippen LogP contribution < -0.4 is 4.90 Å². The first-order valence-corrected chi connectivity index (χ1v) is 17.6. The van der Waals surface area contributed by atoms with E-state index in [9.17, 15) is 24.3 Å². The van der Waals surface area contributed by atoms with Crippen molar-refractivity contribution in [2.45, 2.75) is 75.3 Å². The highest BCUT2D eigenvalue weighted by Gasteiger charge is 2.71. The molecule has 260 valence electrons. The van der Waals surface area contributed by atoms with Crippen LogP contribution in [0.2, 0.25) is 5.02 Å². The van der Waals surface area contributed by atoms with E-state index in [0.29, 0.717) is 30.0 Å². The summed E-state index contributed by atoms with van der Waals surface area (Å²) in [5.41, 5.74) is -0.206. The number of allylic oxidation sites excluding steroid dienone is 1. The molecule has 2 saturated heterocycles. The number of aliphatic hydroxyl groups is 1. The number of hydrogen-bond donors (Lipinski definition) is 1. The number of unbranched alkanes of at least 4 members (excludes halogenated alkanes) is 3. The molecule has 0 radical (unpaired) electrons. The van der Waals surface area contributed by atoms with Gasteiger partial charge in [-0.1, -0.05) is 91.2 Å². The number of fused-ring (bicyclic) bond motifs is 2. The van der Waals surface area contributed by atoms with Gasteiger partial charge in [0.15, 0.2) is 0 Å². The van der Waals surface area contributed by atoms with Gasteiger partial charge in [0.2, 0.25) is 11.8 Å². The molecule has 11 heteroatoms. The van der Waals surface area contributed by atoms with Crippen molar-refractivity contribution < 1.29 is 33.8 Å². The van der Waals surface area contributed by atoms with Gasteiger partial charge in [-0.2, -0.15) is 0 Å². The topological polar surface area (TPSA) is 117 Å². The number of halogens is 1. The number of nitrogens with zero attached hydrogens (tertiary/aromatic N) is 3. The van der Waals surface area contributed by atoms with Gasteiger partial charge in [0.25, 0.3) is 5.91 Å². The van der Waals surface area contributed by atoms with Crippen LogP contribution in [-0.4, -0.2) is 89.1 Å². The Morgan fingerprint density at radius 3 is 2.43 bits per heavy atom. The first-order chi connectivity index (χ1) is 23.7. The fourth-order valence-electron chi connectivity index (χ4n) is 7.76. The van der Waals surface area contributed by atoms with Crippen LogP contribution in [-0.2, 0) is 28.7 Å². The number of rotatable bonds is 8. The van der Waals surface area contributed by atoms with Gasteiger partial charge in [-0.15, -0.1) is 0 Å².